The van der Waals surface area contributed by atoms with Crippen molar-refractivity contribution in [3.8, 4) is 6.07 Å². The largest absolute Gasteiger partial charge is 0.398 e. The number of rotatable bonds is 1. The smallest absolute Gasteiger partial charge is 0.0670 e. The predicted molar refractivity (Wildman–Crippen MR) is 47.9 cm³/mol. The molecule has 0 fully saturated rings. The first-order valence-corrected chi connectivity index (χ1v) is 3.95. The third-order valence-corrected chi connectivity index (χ3v) is 2.35. The number of anilines is 1. The number of nitrogen functional groups attached to an aromatic ring is 1. The monoisotopic (exact) mass is 210 g/mol. The molecule has 0 aliphatic heterocycles. The number of nitrogens with zero attached hydrogens (tertiary/aromatic N) is 1. The molecule has 0 bridgehead atoms. The van der Waals surface area contributed by atoms with Crippen molar-refractivity contribution >= 4 is 21.6 Å². The molecule has 1 aromatic rings. The second kappa shape index (κ2) is 3.40. The van der Waals surface area contributed by atoms with Crippen LogP contribution in [0, 0.1) is 11.3 Å². The van der Waals surface area contributed by atoms with E-state index in [2.05, 4.69) is 22.0 Å². The molecule has 11 heavy (non-hydrogen) atoms. The van der Waals surface area contributed by atoms with Gasteiger partial charge in [0.25, 0.3) is 0 Å². The van der Waals surface area contributed by atoms with Gasteiger partial charge in [-0.2, -0.15) is 5.26 Å². The van der Waals surface area contributed by atoms with Crippen molar-refractivity contribution in [2.75, 3.05) is 5.73 Å². The van der Waals surface area contributed by atoms with Crippen LogP contribution >= 0.6 is 15.9 Å². The van der Waals surface area contributed by atoms with Crippen LogP contribution in [0.5, 0.6) is 0 Å². The SMILES string of the molecule is N#CCc1cccc(N)c1Br. The van der Waals surface area contributed by atoms with E-state index in [-0.39, 0.29) is 0 Å². The third kappa shape index (κ3) is 1.72. The molecule has 0 spiro atoms. The number of nitriles is 1. The minimum Gasteiger partial charge on any atom is -0.398 e. The van der Waals surface area contributed by atoms with E-state index in [1.54, 1.807) is 6.07 Å². The first-order valence-electron chi connectivity index (χ1n) is 3.15. The number of hydrogen-bond acceptors (Lipinski definition) is 2. The Hall–Kier alpha value is -1.01. The fraction of sp³-hybridized carbons (Fsp3) is 0.125. The van der Waals surface area contributed by atoms with Crippen molar-refractivity contribution < 1.29 is 0 Å². The Kier molecular flexibility index (Phi) is 2.50. The summed E-state index contributed by atoms with van der Waals surface area (Å²) in [5, 5.41) is 8.42. The molecule has 0 unspecified atom stereocenters. The zero-order chi connectivity index (χ0) is 8.27. The molecule has 1 aromatic carbocycles. The van der Waals surface area contributed by atoms with Gasteiger partial charge in [-0.3, -0.25) is 0 Å². The lowest BCUT2D eigenvalue weighted by Crippen LogP contribution is -1.90. The Morgan fingerprint density at radius 2 is 2.27 bits per heavy atom. The number of hydrogen-bond donors (Lipinski definition) is 1. The van der Waals surface area contributed by atoms with Gasteiger partial charge < -0.3 is 5.73 Å². The van der Waals surface area contributed by atoms with Crippen LogP contribution < -0.4 is 5.73 Å². The highest BCUT2D eigenvalue weighted by Crippen LogP contribution is 2.23. The summed E-state index contributed by atoms with van der Waals surface area (Å²) in [6.45, 7) is 0. The number of benzene rings is 1. The minimum atomic E-state index is 0.394. The summed E-state index contributed by atoms with van der Waals surface area (Å²) in [7, 11) is 0. The van der Waals surface area contributed by atoms with Crippen molar-refractivity contribution in [3.05, 3.63) is 28.2 Å². The van der Waals surface area contributed by atoms with Gasteiger partial charge in [-0.05, 0) is 27.6 Å². The average molecular weight is 211 g/mol. The van der Waals surface area contributed by atoms with Gasteiger partial charge in [-0.25, -0.2) is 0 Å². The molecule has 0 heterocycles. The second-order valence-electron chi connectivity index (χ2n) is 2.16. The standard InChI is InChI=1S/C8H7BrN2/c9-8-6(4-5-10)2-1-3-7(8)11/h1-3H,4,11H2. The molecule has 0 aliphatic rings. The molecular weight excluding hydrogens is 204 g/mol. The van der Waals surface area contributed by atoms with Crippen LogP contribution in [0.25, 0.3) is 0 Å². The Morgan fingerprint density at radius 3 is 2.91 bits per heavy atom. The van der Waals surface area contributed by atoms with Crippen LogP contribution in [0.15, 0.2) is 22.7 Å². The highest BCUT2D eigenvalue weighted by molar-refractivity contribution is 9.10. The van der Waals surface area contributed by atoms with Gasteiger partial charge in [0.15, 0.2) is 0 Å². The normalized spacial score (nSPS) is 9.09. The first kappa shape index (κ1) is 8.09. The van der Waals surface area contributed by atoms with Crippen molar-refractivity contribution in [2.45, 2.75) is 6.42 Å². The molecule has 0 atom stereocenters. The Morgan fingerprint density at radius 1 is 1.55 bits per heavy atom. The van der Waals surface area contributed by atoms with Gasteiger partial charge in [-0.1, -0.05) is 12.1 Å². The molecule has 0 amide bonds. The molecule has 1 rings (SSSR count). The Bertz CT molecular complexity index is 301. The molecule has 0 aliphatic carbocycles. The van der Waals surface area contributed by atoms with Crippen molar-refractivity contribution in [1.82, 2.24) is 0 Å². The molecule has 0 saturated carbocycles. The molecule has 0 aromatic heterocycles. The second-order valence-corrected chi connectivity index (χ2v) is 2.95. The maximum Gasteiger partial charge on any atom is 0.0670 e. The van der Waals surface area contributed by atoms with Crippen LogP contribution in [0.3, 0.4) is 0 Å². The fourth-order valence-electron chi connectivity index (χ4n) is 0.821. The van der Waals surface area contributed by atoms with Crippen LogP contribution in [0.4, 0.5) is 5.69 Å². The summed E-state index contributed by atoms with van der Waals surface area (Å²) in [6, 6.07) is 7.58. The van der Waals surface area contributed by atoms with Crippen LogP contribution in [0.2, 0.25) is 0 Å². The molecular formula is C8H7BrN2. The van der Waals surface area contributed by atoms with E-state index < -0.39 is 0 Å². The van der Waals surface area contributed by atoms with E-state index in [1.165, 1.54) is 0 Å². The Balaban J connectivity index is 3.08. The van der Waals surface area contributed by atoms with Crippen LogP contribution in [-0.2, 0) is 6.42 Å². The van der Waals surface area contributed by atoms with E-state index in [9.17, 15) is 0 Å². The van der Waals surface area contributed by atoms with Gasteiger partial charge in [0.05, 0.1) is 12.5 Å². The van der Waals surface area contributed by atoms with Gasteiger partial charge >= 0.3 is 0 Å². The zero-order valence-electron chi connectivity index (χ0n) is 5.84. The lowest BCUT2D eigenvalue weighted by Gasteiger charge is -2.01. The zero-order valence-corrected chi connectivity index (χ0v) is 7.43. The molecule has 3 heteroatoms. The summed E-state index contributed by atoms with van der Waals surface area (Å²) in [5.74, 6) is 0. The number of halogens is 1. The average Bonchev–Trinajstić information content (AvgIpc) is 1.99. The molecule has 2 N–H and O–H groups in total. The highest BCUT2D eigenvalue weighted by atomic mass is 79.9. The van der Waals surface area contributed by atoms with E-state index >= 15 is 0 Å². The Labute approximate surface area is 73.8 Å². The van der Waals surface area contributed by atoms with E-state index in [0.717, 1.165) is 10.0 Å². The summed E-state index contributed by atoms with van der Waals surface area (Å²) >= 11 is 3.31. The molecule has 0 radical (unpaired) electrons. The van der Waals surface area contributed by atoms with Crippen molar-refractivity contribution in [2.24, 2.45) is 0 Å². The van der Waals surface area contributed by atoms with Crippen molar-refractivity contribution in [3.63, 3.8) is 0 Å². The molecule has 56 valence electrons. The fourth-order valence-corrected chi connectivity index (χ4v) is 1.23. The lowest BCUT2D eigenvalue weighted by molar-refractivity contribution is 1.25. The van der Waals surface area contributed by atoms with Crippen molar-refractivity contribution in [1.29, 1.82) is 5.26 Å². The summed E-state index contributed by atoms with van der Waals surface area (Å²) in [6.07, 6.45) is 0.394. The van der Waals surface area contributed by atoms with Crippen LogP contribution in [0.1, 0.15) is 5.56 Å². The lowest BCUT2D eigenvalue weighted by atomic mass is 10.1. The molecule has 0 saturated heterocycles. The summed E-state index contributed by atoms with van der Waals surface area (Å²) < 4.78 is 0.835. The summed E-state index contributed by atoms with van der Waals surface area (Å²) in [5.41, 5.74) is 7.21. The maximum atomic E-state index is 8.42. The van der Waals surface area contributed by atoms with E-state index in [4.69, 9.17) is 11.0 Å². The number of nitrogens with two attached hydrogens (primary N) is 1. The predicted octanol–water partition coefficient (Wildman–Crippen LogP) is 2.10. The molecule has 2 nitrogen and oxygen atoms in total. The topological polar surface area (TPSA) is 49.8 Å². The van der Waals surface area contributed by atoms with Crippen LogP contribution in [-0.4, -0.2) is 0 Å². The first-order chi connectivity index (χ1) is 5.25. The van der Waals surface area contributed by atoms with Gasteiger partial charge in [0, 0.05) is 10.2 Å². The summed E-state index contributed by atoms with van der Waals surface area (Å²) in [4.78, 5) is 0. The third-order valence-electron chi connectivity index (χ3n) is 1.38. The highest BCUT2D eigenvalue weighted by Gasteiger charge is 2.00. The maximum absolute atomic E-state index is 8.42. The van der Waals surface area contributed by atoms with Gasteiger partial charge in [0.2, 0.25) is 0 Å². The minimum absolute atomic E-state index is 0.394. The van der Waals surface area contributed by atoms with E-state index in [1.807, 2.05) is 12.1 Å². The van der Waals surface area contributed by atoms with Gasteiger partial charge in [-0.15, -0.1) is 0 Å². The van der Waals surface area contributed by atoms with Gasteiger partial charge in [0.1, 0.15) is 0 Å². The quantitative estimate of drug-likeness (QED) is 0.723. The van der Waals surface area contributed by atoms with E-state index in [0.29, 0.717) is 12.1 Å².